The van der Waals surface area contributed by atoms with Gasteiger partial charge in [0.15, 0.2) is 0 Å². The Balaban J connectivity index is 1.72. The van der Waals surface area contributed by atoms with E-state index >= 15 is 0 Å². The van der Waals surface area contributed by atoms with Crippen LogP contribution in [0, 0.1) is 0 Å². The number of benzene rings is 2. The number of carbonyl (C=O) groups is 1. The standard InChI is InChI=1S/C18H19ClN2O2/c1-12(21-10-9-13-5-3-4-6-16(13)21)18(22)20-14-7-8-17(23-2)15(19)11-14/h3-8,11-12H,9-10H2,1-2H3,(H,20,22)/t12-/m0/s1. The number of methoxy groups -OCH3 is 1. The molecule has 0 saturated heterocycles. The average molecular weight is 331 g/mol. The van der Waals surface area contributed by atoms with Crippen LogP contribution in [0.5, 0.6) is 5.75 Å². The summed E-state index contributed by atoms with van der Waals surface area (Å²) in [7, 11) is 1.56. The van der Waals surface area contributed by atoms with Gasteiger partial charge in [-0.1, -0.05) is 29.8 Å². The molecule has 2 aromatic rings. The summed E-state index contributed by atoms with van der Waals surface area (Å²) < 4.78 is 5.12. The van der Waals surface area contributed by atoms with Crippen molar-refractivity contribution in [3.63, 3.8) is 0 Å². The SMILES string of the molecule is COc1ccc(NC(=O)[C@H](C)N2CCc3ccccc32)cc1Cl. The molecule has 0 unspecified atom stereocenters. The molecule has 3 rings (SSSR count). The molecule has 1 aliphatic heterocycles. The van der Waals surface area contributed by atoms with Gasteiger partial charge in [-0.05, 0) is 43.2 Å². The summed E-state index contributed by atoms with van der Waals surface area (Å²) in [6.07, 6.45) is 0.974. The van der Waals surface area contributed by atoms with Crippen LogP contribution < -0.4 is 15.0 Å². The fraction of sp³-hybridized carbons (Fsp3) is 0.278. The van der Waals surface area contributed by atoms with E-state index in [4.69, 9.17) is 16.3 Å². The van der Waals surface area contributed by atoms with E-state index < -0.39 is 0 Å². The van der Waals surface area contributed by atoms with Gasteiger partial charge in [-0.25, -0.2) is 0 Å². The number of halogens is 1. The van der Waals surface area contributed by atoms with Crippen LogP contribution in [0.3, 0.4) is 0 Å². The van der Waals surface area contributed by atoms with Crippen molar-refractivity contribution in [3.8, 4) is 5.75 Å². The second-order valence-corrected chi connectivity index (χ2v) is 5.99. The minimum Gasteiger partial charge on any atom is -0.495 e. The molecule has 0 fully saturated rings. The first kappa shape index (κ1) is 15.7. The van der Waals surface area contributed by atoms with E-state index in [2.05, 4.69) is 22.3 Å². The number of fused-ring (bicyclic) bond motifs is 1. The topological polar surface area (TPSA) is 41.6 Å². The highest BCUT2D eigenvalue weighted by Crippen LogP contribution is 2.30. The maximum absolute atomic E-state index is 12.5. The Morgan fingerprint density at radius 3 is 2.83 bits per heavy atom. The lowest BCUT2D eigenvalue weighted by Crippen LogP contribution is -2.41. The monoisotopic (exact) mass is 330 g/mol. The molecule has 1 aliphatic rings. The fourth-order valence-electron chi connectivity index (χ4n) is 2.90. The van der Waals surface area contributed by atoms with Gasteiger partial charge in [0.2, 0.25) is 5.91 Å². The number of rotatable bonds is 4. The van der Waals surface area contributed by atoms with Crippen LogP contribution in [-0.4, -0.2) is 25.6 Å². The van der Waals surface area contributed by atoms with Crippen LogP contribution in [0.2, 0.25) is 5.02 Å². The lowest BCUT2D eigenvalue weighted by Gasteiger charge is -2.26. The molecule has 0 aromatic heterocycles. The summed E-state index contributed by atoms with van der Waals surface area (Å²) in [4.78, 5) is 14.7. The highest BCUT2D eigenvalue weighted by atomic mass is 35.5. The van der Waals surface area contributed by atoms with E-state index in [0.717, 1.165) is 18.7 Å². The van der Waals surface area contributed by atoms with Gasteiger partial charge in [0.1, 0.15) is 11.8 Å². The first-order valence-electron chi connectivity index (χ1n) is 7.59. The van der Waals surface area contributed by atoms with E-state index in [0.29, 0.717) is 16.5 Å². The number of para-hydroxylation sites is 1. The normalized spacial score (nSPS) is 14.3. The first-order valence-corrected chi connectivity index (χ1v) is 7.97. The zero-order valence-corrected chi connectivity index (χ0v) is 13.9. The molecule has 0 saturated carbocycles. The van der Waals surface area contributed by atoms with Gasteiger partial charge in [-0.3, -0.25) is 4.79 Å². The second-order valence-electron chi connectivity index (χ2n) is 5.59. The van der Waals surface area contributed by atoms with E-state index in [1.165, 1.54) is 5.56 Å². The van der Waals surface area contributed by atoms with Gasteiger partial charge in [0.25, 0.3) is 0 Å². The summed E-state index contributed by atoms with van der Waals surface area (Å²) >= 11 is 6.10. The zero-order chi connectivity index (χ0) is 16.4. The quantitative estimate of drug-likeness (QED) is 0.928. The van der Waals surface area contributed by atoms with Gasteiger partial charge in [0, 0.05) is 17.9 Å². The van der Waals surface area contributed by atoms with Crippen molar-refractivity contribution in [2.45, 2.75) is 19.4 Å². The summed E-state index contributed by atoms with van der Waals surface area (Å²) in [5.74, 6) is 0.536. The number of hydrogen-bond donors (Lipinski definition) is 1. The zero-order valence-electron chi connectivity index (χ0n) is 13.2. The van der Waals surface area contributed by atoms with Crippen molar-refractivity contribution in [3.05, 3.63) is 53.1 Å². The van der Waals surface area contributed by atoms with Gasteiger partial charge in [0.05, 0.1) is 12.1 Å². The first-order chi connectivity index (χ1) is 11.1. The fourth-order valence-corrected chi connectivity index (χ4v) is 3.16. The number of hydrogen-bond acceptors (Lipinski definition) is 3. The molecule has 23 heavy (non-hydrogen) atoms. The Morgan fingerprint density at radius 1 is 1.30 bits per heavy atom. The van der Waals surface area contributed by atoms with E-state index in [9.17, 15) is 4.79 Å². The van der Waals surface area contributed by atoms with Crippen molar-refractivity contribution in [2.24, 2.45) is 0 Å². The van der Waals surface area contributed by atoms with Crippen molar-refractivity contribution < 1.29 is 9.53 Å². The van der Waals surface area contributed by atoms with Crippen LogP contribution >= 0.6 is 11.6 Å². The summed E-state index contributed by atoms with van der Waals surface area (Å²) in [6, 6.07) is 13.2. The van der Waals surface area contributed by atoms with Crippen molar-refractivity contribution in [2.75, 3.05) is 23.9 Å². The highest BCUT2D eigenvalue weighted by Gasteiger charge is 2.27. The minimum absolute atomic E-state index is 0.0528. The Morgan fingerprint density at radius 2 is 2.09 bits per heavy atom. The molecule has 0 aliphatic carbocycles. The van der Waals surface area contributed by atoms with Crippen LogP contribution in [0.15, 0.2) is 42.5 Å². The van der Waals surface area contributed by atoms with Crippen LogP contribution in [-0.2, 0) is 11.2 Å². The maximum atomic E-state index is 12.5. The average Bonchev–Trinajstić information content (AvgIpc) is 2.98. The molecule has 0 spiro atoms. The molecule has 120 valence electrons. The predicted octanol–water partition coefficient (Wildman–Crippen LogP) is 3.74. The molecule has 2 aromatic carbocycles. The maximum Gasteiger partial charge on any atom is 0.246 e. The van der Waals surface area contributed by atoms with Crippen LogP contribution in [0.25, 0.3) is 0 Å². The second kappa shape index (κ2) is 6.50. The van der Waals surface area contributed by atoms with Gasteiger partial charge in [-0.15, -0.1) is 0 Å². The lowest BCUT2D eigenvalue weighted by molar-refractivity contribution is -0.117. The Hall–Kier alpha value is -2.20. The molecule has 1 heterocycles. The molecule has 1 amide bonds. The Labute approximate surface area is 141 Å². The third kappa shape index (κ3) is 3.13. The summed E-state index contributed by atoms with van der Waals surface area (Å²) in [6.45, 7) is 2.78. The van der Waals surface area contributed by atoms with Crippen molar-refractivity contribution in [1.29, 1.82) is 0 Å². The molecular formula is C18H19ClN2O2. The third-order valence-electron chi connectivity index (χ3n) is 4.19. The minimum atomic E-state index is -0.250. The number of carbonyl (C=O) groups excluding carboxylic acids is 1. The van der Waals surface area contributed by atoms with E-state index in [-0.39, 0.29) is 11.9 Å². The molecule has 1 N–H and O–H groups in total. The lowest BCUT2D eigenvalue weighted by atomic mass is 10.1. The van der Waals surface area contributed by atoms with Gasteiger partial charge >= 0.3 is 0 Å². The molecular weight excluding hydrogens is 312 g/mol. The van der Waals surface area contributed by atoms with Crippen molar-refractivity contribution in [1.82, 2.24) is 0 Å². The highest BCUT2D eigenvalue weighted by molar-refractivity contribution is 6.32. The number of ether oxygens (including phenoxy) is 1. The van der Waals surface area contributed by atoms with E-state index in [1.54, 1.807) is 25.3 Å². The predicted molar refractivity (Wildman–Crippen MR) is 93.6 cm³/mol. The Bertz CT molecular complexity index is 733. The van der Waals surface area contributed by atoms with Crippen molar-refractivity contribution >= 4 is 28.9 Å². The molecule has 0 radical (unpaired) electrons. The van der Waals surface area contributed by atoms with Crippen LogP contribution in [0.1, 0.15) is 12.5 Å². The number of amides is 1. The van der Waals surface area contributed by atoms with Crippen LogP contribution in [0.4, 0.5) is 11.4 Å². The van der Waals surface area contributed by atoms with Gasteiger partial charge in [-0.2, -0.15) is 0 Å². The molecule has 5 heteroatoms. The number of nitrogens with one attached hydrogen (secondary N) is 1. The van der Waals surface area contributed by atoms with Gasteiger partial charge < -0.3 is 15.0 Å². The summed E-state index contributed by atoms with van der Waals surface area (Å²) in [5.41, 5.74) is 3.10. The number of nitrogens with zero attached hydrogens (tertiary/aromatic N) is 1. The number of anilines is 2. The molecule has 4 nitrogen and oxygen atoms in total. The Kier molecular flexibility index (Phi) is 4.44. The molecule has 1 atom stereocenters. The summed E-state index contributed by atoms with van der Waals surface area (Å²) in [5, 5.41) is 3.40. The third-order valence-corrected chi connectivity index (χ3v) is 4.48. The molecule has 0 bridgehead atoms. The van der Waals surface area contributed by atoms with E-state index in [1.807, 2.05) is 19.1 Å². The largest absolute Gasteiger partial charge is 0.495 e. The smallest absolute Gasteiger partial charge is 0.246 e.